The van der Waals surface area contributed by atoms with Crippen molar-refractivity contribution in [2.75, 3.05) is 14.2 Å². The summed E-state index contributed by atoms with van der Waals surface area (Å²) in [5.41, 5.74) is 1.73. The number of aromatic carboxylic acids is 1. The van der Waals surface area contributed by atoms with Crippen LogP contribution >= 0.6 is 0 Å². The average molecular weight is 511 g/mol. The van der Waals surface area contributed by atoms with Crippen molar-refractivity contribution >= 4 is 27.2 Å². The minimum Gasteiger partial charge on any atom is -0.495 e. The van der Waals surface area contributed by atoms with Crippen LogP contribution in [-0.4, -0.2) is 52.5 Å². The number of rotatable bonds is 7. The number of carboxylic acid groups (broad SMARTS) is 1. The van der Waals surface area contributed by atoms with Gasteiger partial charge in [-0.25, -0.2) is 27.6 Å². The maximum Gasteiger partial charge on any atom is 0.354 e. The minimum atomic E-state index is -4.09. The second kappa shape index (κ2) is 9.25. The van der Waals surface area contributed by atoms with E-state index in [1.807, 2.05) is 30.3 Å². The maximum atomic E-state index is 13.8. The molecule has 0 spiro atoms. The van der Waals surface area contributed by atoms with E-state index in [9.17, 15) is 23.1 Å². The number of aromatic nitrogens is 3. The van der Waals surface area contributed by atoms with Gasteiger partial charge in [-0.15, -0.1) is 0 Å². The summed E-state index contributed by atoms with van der Waals surface area (Å²) in [4.78, 5) is 31.3. The predicted octanol–water partition coefficient (Wildman–Crippen LogP) is 3.42. The number of imidazole rings is 1. The Hall–Kier alpha value is -3.96. The third-order valence-corrected chi connectivity index (χ3v) is 8.22. The van der Waals surface area contributed by atoms with Gasteiger partial charge in [0.05, 0.1) is 18.3 Å². The zero-order valence-corrected chi connectivity index (χ0v) is 21.3. The summed E-state index contributed by atoms with van der Waals surface area (Å²) in [7, 11) is -1.24. The Morgan fingerprint density at radius 2 is 1.81 bits per heavy atom. The number of aromatic amines is 1. The molecule has 4 rings (SSSR count). The fourth-order valence-corrected chi connectivity index (χ4v) is 5.63. The lowest BCUT2D eigenvalue weighted by Crippen LogP contribution is -2.30. The van der Waals surface area contributed by atoms with Gasteiger partial charge in [0.25, 0.3) is 0 Å². The Morgan fingerprint density at radius 3 is 2.42 bits per heavy atom. The molecule has 0 aliphatic rings. The summed E-state index contributed by atoms with van der Waals surface area (Å²) in [6.07, 6.45) is 0. The highest BCUT2D eigenvalue weighted by Gasteiger charge is 2.31. The van der Waals surface area contributed by atoms with Gasteiger partial charge in [-0.1, -0.05) is 30.3 Å². The van der Waals surface area contributed by atoms with Crippen LogP contribution in [-0.2, 0) is 10.0 Å². The van der Waals surface area contributed by atoms with Gasteiger partial charge in [-0.3, -0.25) is 0 Å². The second-order valence-electron chi connectivity index (χ2n) is 8.49. The van der Waals surface area contributed by atoms with Crippen LogP contribution in [0.5, 0.6) is 5.75 Å². The second-order valence-corrected chi connectivity index (χ2v) is 10.5. The lowest BCUT2D eigenvalue weighted by Gasteiger charge is -2.26. The number of fused-ring (bicyclic) bond motifs is 1. The molecule has 2 aromatic heterocycles. The number of H-pyrrole nitrogens is 1. The number of nitrogens with one attached hydrogen (secondary N) is 1. The number of hydrogen-bond donors (Lipinski definition) is 2. The molecule has 0 amide bonds. The molecule has 0 saturated carbocycles. The molecule has 10 nitrogen and oxygen atoms in total. The Bertz CT molecular complexity index is 1640. The van der Waals surface area contributed by atoms with Crippen LogP contribution in [0, 0.1) is 13.8 Å². The highest BCUT2D eigenvalue weighted by molar-refractivity contribution is 7.89. The van der Waals surface area contributed by atoms with Gasteiger partial charge < -0.3 is 14.8 Å². The van der Waals surface area contributed by atoms with Crippen molar-refractivity contribution in [1.82, 2.24) is 18.8 Å². The number of carboxylic acids is 1. The van der Waals surface area contributed by atoms with Gasteiger partial charge in [0.15, 0.2) is 11.3 Å². The fraction of sp³-hybridized carbons (Fsp3) is 0.240. The lowest BCUT2D eigenvalue weighted by molar-refractivity contribution is 0.0690. The molecule has 11 heteroatoms. The quantitative estimate of drug-likeness (QED) is 0.389. The van der Waals surface area contributed by atoms with Gasteiger partial charge in [-0.2, -0.15) is 4.31 Å². The normalized spacial score (nSPS) is 12.7. The highest BCUT2D eigenvalue weighted by atomic mass is 32.2. The average Bonchev–Trinajstić information content (AvgIpc) is 3.19. The number of ether oxygens (including phenoxy) is 1. The Balaban J connectivity index is 1.94. The molecule has 0 unspecified atom stereocenters. The third kappa shape index (κ3) is 4.16. The minimum absolute atomic E-state index is 0.0834. The van der Waals surface area contributed by atoms with E-state index in [0.717, 1.165) is 5.56 Å². The highest BCUT2D eigenvalue weighted by Crippen LogP contribution is 2.34. The van der Waals surface area contributed by atoms with E-state index >= 15 is 0 Å². The standard InChI is InChI=1S/C25H26N4O6S/c1-14-12-20(35-5)21(36(33,34)28(4)16(3)17-9-7-6-8-10-17)13-19(14)29-23-22(27-25(29)32)15(2)11-18(26-23)24(30)31/h6-13,16H,1-5H3,(H,27,32)(H,30,31)/t16-/m1/s1. The van der Waals surface area contributed by atoms with Crippen molar-refractivity contribution in [3.63, 3.8) is 0 Å². The smallest absolute Gasteiger partial charge is 0.354 e. The number of sulfonamides is 1. The van der Waals surface area contributed by atoms with Gasteiger partial charge in [0.2, 0.25) is 10.0 Å². The van der Waals surface area contributed by atoms with Crippen molar-refractivity contribution < 1.29 is 23.1 Å². The van der Waals surface area contributed by atoms with E-state index in [1.54, 1.807) is 20.8 Å². The van der Waals surface area contributed by atoms with E-state index in [0.29, 0.717) is 16.6 Å². The summed E-state index contributed by atoms with van der Waals surface area (Å²) in [6.45, 7) is 5.13. The zero-order chi connectivity index (χ0) is 26.4. The largest absolute Gasteiger partial charge is 0.495 e. The van der Waals surface area contributed by atoms with Gasteiger partial charge in [0, 0.05) is 13.1 Å². The van der Waals surface area contributed by atoms with Crippen molar-refractivity contribution in [2.45, 2.75) is 31.7 Å². The van der Waals surface area contributed by atoms with Crippen LogP contribution in [0.2, 0.25) is 0 Å². The van der Waals surface area contributed by atoms with Gasteiger partial charge in [-0.05, 0) is 55.7 Å². The first-order valence-corrected chi connectivity index (χ1v) is 12.5. The summed E-state index contributed by atoms with van der Waals surface area (Å²) in [6, 6.07) is 13.0. The number of benzene rings is 2. The van der Waals surface area contributed by atoms with E-state index < -0.39 is 27.7 Å². The van der Waals surface area contributed by atoms with Gasteiger partial charge in [0.1, 0.15) is 10.6 Å². The van der Waals surface area contributed by atoms with E-state index in [2.05, 4.69) is 9.97 Å². The predicted molar refractivity (Wildman–Crippen MR) is 134 cm³/mol. The van der Waals surface area contributed by atoms with Gasteiger partial charge >= 0.3 is 11.7 Å². The molecule has 2 N–H and O–H groups in total. The molecule has 1 atom stereocenters. The van der Waals surface area contributed by atoms with Crippen molar-refractivity contribution in [3.8, 4) is 11.4 Å². The third-order valence-electron chi connectivity index (χ3n) is 6.27. The molecular formula is C25H26N4O6S. The molecule has 0 saturated heterocycles. The Morgan fingerprint density at radius 1 is 1.14 bits per heavy atom. The monoisotopic (exact) mass is 510 g/mol. The molecule has 36 heavy (non-hydrogen) atoms. The van der Waals surface area contributed by atoms with Crippen LogP contribution < -0.4 is 10.4 Å². The number of hydrogen-bond acceptors (Lipinski definition) is 6. The van der Waals surface area contributed by atoms with Crippen molar-refractivity contribution in [1.29, 1.82) is 0 Å². The molecule has 4 aromatic rings. The summed E-state index contributed by atoms with van der Waals surface area (Å²) >= 11 is 0. The first-order chi connectivity index (χ1) is 17.0. The van der Waals surface area contributed by atoms with Crippen LogP contribution in [0.25, 0.3) is 16.9 Å². The number of methoxy groups -OCH3 is 1. The first kappa shape index (κ1) is 25.1. The van der Waals surface area contributed by atoms with Crippen LogP contribution in [0.15, 0.2) is 58.2 Å². The Kier molecular flexibility index (Phi) is 6.46. The number of nitrogens with zero attached hydrogens (tertiary/aromatic N) is 3. The SMILES string of the molecule is COc1cc(C)c(-n2c(=O)[nH]c3c(C)cc(C(=O)O)nc32)cc1S(=O)(=O)N(C)[C@H](C)c1ccccc1. The van der Waals surface area contributed by atoms with Crippen LogP contribution in [0.1, 0.15) is 40.1 Å². The molecule has 0 aliphatic carbocycles. The molecule has 0 fully saturated rings. The topological polar surface area (TPSA) is 135 Å². The first-order valence-electron chi connectivity index (χ1n) is 11.0. The molecular weight excluding hydrogens is 484 g/mol. The molecule has 0 aliphatic heterocycles. The summed E-state index contributed by atoms with van der Waals surface area (Å²) < 4.78 is 35.4. The van der Waals surface area contributed by atoms with Crippen molar-refractivity contribution in [2.24, 2.45) is 0 Å². The molecule has 0 radical (unpaired) electrons. The number of pyridine rings is 1. The van der Waals surface area contributed by atoms with Crippen molar-refractivity contribution in [3.05, 3.63) is 81.4 Å². The number of carbonyl (C=O) groups is 1. The molecule has 188 valence electrons. The van der Waals surface area contributed by atoms with E-state index in [1.165, 1.54) is 41.2 Å². The maximum absolute atomic E-state index is 13.8. The van der Waals surface area contributed by atoms with E-state index in [4.69, 9.17) is 4.74 Å². The zero-order valence-electron chi connectivity index (χ0n) is 20.4. The van der Waals surface area contributed by atoms with E-state index in [-0.39, 0.29) is 27.7 Å². The molecule has 2 aromatic carbocycles. The lowest BCUT2D eigenvalue weighted by atomic mass is 10.1. The fourth-order valence-electron chi connectivity index (χ4n) is 4.12. The summed E-state index contributed by atoms with van der Waals surface area (Å²) in [5.74, 6) is -1.13. The summed E-state index contributed by atoms with van der Waals surface area (Å²) in [5, 5.41) is 9.46. The molecule has 2 heterocycles. The van der Waals surface area contributed by atoms with Crippen LogP contribution in [0.3, 0.4) is 0 Å². The van der Waals surface area contributed by atoms with Crippen LogP contribution in [0.4, 0.5) is 0 Å². The number of aryl methyl sites for hydroxylation is 2. The Labute approximate surface area is 207 Å². The molecule has 0 bridgehead atoms.